The SMILES string of the molecule is CCCNC(c1ccccc1Cl)c1cc(C)ccc1OC. The third-order valence-corrected chi connectivity index (χ3v) is 3.86. The number of aryl methyl sites for hydroxylation is 1. The highest BCUT2D eigenvalue weighted by molar-refractivity contribution is 6.31. The molecule has 2 nitrogen and oxygen atoms in total. The van der Waals surface area contributed by atoms with Gasteiger partial charge < -0.3 is 10.1 Å². The summed E-state index contributed by atoms with van der Waals surface area (Å²) < 4.78 is 5.54. The van der Waals surface area contributed by atoms with Crippen molar-refractivity contribution in [1.29, 1.82) is 0 Å². The van der Waals surface area contributed by atoms with Gasteiger partial charge in [-0.15, -0.1) is 0 Å². The highest BCUT2D eigenvalue weighted by atomic mass is 35.5. The topological polar surface area (TPSA) is 21.3 Å². The summed E-state index contributed by atoms with van der Waals surface area (Å²) in [5.41, 5.74) is 3.41. The molecule has 2 rings (SSSR count). The van der Waals surface area contributed by atoms with Gasteiger partial charge in [0.1, 0.15) is 5.75 Å². The first-order valence-electron chi connectivity index (χ1n) is 7.29. The minimum atomic E-state index is 0.0356. The Morgan fingerprint density at radius 2 is 1.90 bits per heavy atom. The molecule has 21 heavy (non-hydrogen) atoms. The van der Waals surface area contributed by atoms with Gasteiger partial charge in [0.15, 0.2) is 0 Å². The molecule has 0 spiro atoms. The molecule has 3 heteroatoms. The molecule has 0 aliphatic carbocycles. The van der Waals surface area contributed by atoms with Crippen LogP contribution in [0.15, 0.2) is 42.5 Å². The fourth-order valence-corrected chi connectivity index (χ4v) is 2.71. The Hall–Kier alpha value is -1.51. The summed E-state index contributed by atoms with van der Waals surface area (Å²) in [6, 6.07) is 14.2. The van der Waals surface area contributed by atoms with E-state index in [1.165, 1.54) is 5.56 Å². The van der Waals surface area contributed by atoms with Crippen LogP contribution >= 0.6 is 11.6 Å². The van der Waals surface area contributed by atoms with Gasteiger partial charge in [0.05, 0.1) is 13.2 Å². The van der Waals surface area contributed by atoms with E-state index in [-0.39, 0.29) is 6.04 Å². The van der Waals surface area contributed by atoms with Crippen molar-refractivity contribution in [3.8, 4) is 5.75 Å². The van der Waals surface area contributed by atoms with Crippen molar-refractivity contribution in [1.82, 2.24) is 5.32 Å². The normalized spacial score (nSPS) is 12.2. The van der Waals surface area contributed by atoms with Crippen LogP contribution in [-0.2, 0) is 0 Å². The average Bonchev–Trinajstić information content (AvgIpc) is 2.49. The second kappa shape index (κ2) is 7.48. The Labute approximate surface area is 132 Å². The maximum absolute atomic E-state index is 6.40. The maximum Gasteiger partial charge on any atom is 0.124 e. The third kappa shape index (κ3) is 3.78. The molecule has 0 aliphatic rings. The lowest BCUT2D eigenvalue weighted by Gasteiger charge is -2.23. The van der Waals surface area contributed by atoms with E-state index < -0.39 is 0 Å². The van der Waals surface area contributed by atoms with E-state index in [2.05, 4.69) is 37.4 Å². The van der Waals surface area contributed by atoms with Gasteiger partial charge in [-0.2, -0.15) is 0 Å². The van der Waals surface area contributed by atoms with Crippen LogP contribution in [0.1, 0.15) is 36.1 Å². The molecule has 2 aromatic rings. The van der Waals surface area contributed by atoms with Crippen LogP contribution in [0.2, 0.25) is 5.02 Å². The molecular formula is C18H22ClNO. The van der Waals surface area contributed by atoms with Crippen LogP contribution in [0, 0.1) is 6.92 Å². The lowest BCUT2D eigenvalue weighted by atomic mass is 9.96. The van der Waals surface area contributed by atoms with E-state index in [0.717, 1.165) is 34.9 Å². The molecule has 2 aromatic carbocycles. The Balaban J connectivity index is 2.50. The molecule has 0 heterocycles. The first-order valence-corrected chi connectivity index (χ1v) is 7.67. The van der Waals surface area contributed by atoms with Crippen molar-refractivity contribution >= 4 is 11.6 Å². The van der Waals surface area contributed by atoms with E-state index in [4.69, 9.17) is 16.3 Å². The summed E-state index contributed by atoms with van der Waals surface area (Å²) in [6.07, 6.45) is 1.06. The Bertz CT molecular complexity index is 598. The largest absolute Gasteiger partial charge is 0.496 e. The smallest absolute Gasteiger partial charge is 0.124 e. The lowest BCUT2D eigenvalue weighted by molar-refractivity contribution is 0.403. The van der Waals surface area contributed by atoms with E-state index in [0.29, 0.717) is 0 Å². The second-order valence-electron chi connectivity index (χ2n) is 5.15. The number of hydrogen-bond acceptors (Lipinski definition) is 2. The van der Waals surface area contributed by atoms with Crippen LogP contribution in [0.5, 0.6) is 5.75 Å². The molecule has 0 amide bonds. The van der Waals surface area contributed by atoms with Crippen molar-refractivity contribution in [2.75, 3.05) is 13.7 Å². The molecule has 1 atom stereocenters. The van der Waals surface area contributed by atoms with E-state index in [9.17, 15) is 0 Å². The van der Waals surface area contributed by atoms with Crippen LogP contribution < -0.4 is 10.1 Å². The predicted octanol–water partition coefficient (Wildman–Crippen LogP) is 4.75. The van der Waals surface area contributed by atoms with Gasteiger partial charge in [0, 0.05) is 10.6 Å². The minimum absolute atomic E-state index is 0.0356. The number of nitrogens with one attached hydrogen (secondary N) is 1. The Morgan fingerprint density at radius 3 is 2.57 bits per heavy atom. The van der Waals surface area contributed by atoms with Gasteiger partial charge in [-0.1, -0.05) is 54.4 Å². The van der Waals surface area contributed by atoms with Gasteiger partial charge in [0.2, 0.25) is 0 Å². The summed E-state index contributed by atoms with van der Waals surface area (Å²) in [5, 5.41) is 4.35. The number of hydrogen-bond donors (Lipinski definition) is 1. The Morgan fingerprint density at radius 1 is 1.14 bits per heavy atom. The second-order valence-corrected chi connectivity index (χ2v) is 5.56. The zero-order chi connectivity index (χ0) is 15.2. The van der Waals surface area contributed by atoms with Gasteiger partial charge >= 0.3 is 0 Å². The van der Waals surface area contributed by atoms with E-state index >= 15 is 0 Å². The van der Waals surface area contributed by atoms with Crippen molar-refractivity contribution < 1.29 is 4.74 Å². The van der Waals surface area contributed by atoms with Gasteiger partial charge in [-0.25, -0.2) is 0 Å². The van der Waals surface area contributed by atoms with Crippen molar-refractivity contribution in [3.63, 3.8) is 0 Å². The average molecular weight is 304 g/mol. The minimum Gasteiger partial charge on any atom is -0.496 e. The molecule has 1 unspecified atom stereocenters. The lowest BCUT2D eigenvalue weighted by Crippen LogP contribution is -2.24. The zero-order valence-electron chi connectivity index (χ0n) is 12.8. The van der Waals surface area contributed by atoms with Gasteiger partial charge in [-0.3, -0.25) is 0 Å². The molecule has 0 aliphatic heterocycles. The standard InChI is InChI=1S/C18H22ClNO/c1-4-11-20-18(14-7-5-6-8-16(14)19)15-12-13(2)9-10-17(15)21-3/h5-10,12,18,20H,4,11H2,1-3H3. The summed E-state index contributed by atoms with van der Waals surface area (Å²) in [4.78, 5) is 0. The Kier molecular flexibility index (Phi) is 5.66. The molecule has 112 valence electrons. The molecule has 0 aromatic heterocycles. The van der Waals surface area contributed by atoms with Crippen LogP contribution in [0.4, 0.5) is 0 Å². The zero-order valence-corrected chi connectivity index (χ0v) is 13.6. The molecule has 0 radical (unpaired) electrons. The third-order valence-electron chi connectivity index (χ3n) is 3.51. The number of halogens is 1. The predicted molar refractivity (Wildman–Crippen MR) is 89.3 cm³/mol. The monoisotopic (exact) mass is 303 g/mol. The quantitative estimate of drug-likeness (QED) is 0.832. The number of methoxy groups -OCH3 is 1. The highest BCUT2D eigenvalue weighted by Gasteiger charge is 2.19. The van der Waals surface area contributed by atoms with Crippen LogP contribution in [0.3, 0.4) is 0 Å². The molecular weight excluding hydrogens is 282 g/mol. The first-order chi connectivity index (χ1) is 10.2. The van der Waals surface area contributed by atoms with Crippen molar-refractivity contribution in [2.24, 2.45) is 0 Å². The molecule has 0 fully saturated rings. The van der Waals surface area contributed by atoms with Gasteiger partial charge in [-0.05, 0) is 37.6 Å². The van der Waals surface area contributed by atoms with Crippen molar-refractivity contribution in [3.05, 3.63) is 64.2 Å². The fourth-order valence-electron chi connectivity index (χ4n) is 2.46. The van der Waals surface area contributed by atoms with E-state index in [1.54, 1.807) is 7.11 Å². The summed E-state index contributed by atoms with van der Waals surface area (Å²) >= 11 is 6.40. The summed E-state index contributed by atoms with van der Waals surface area (Å²) in [7, 11) is 1.71. The van der Waals surface area contributed by atoms with E-state index in [1.807, 2.05) is 24.3 Å². The highest BCUT2D eigenvalue weighted by Crippen LogP contribution is 2.34. The first kappa shape index (κ1) is 15.9. The van der Waals surface area contributed by atoms with Crippen molar-refractivity contribution in [2.45, 2.75) is 26.3 Å². The number of benzene rings is 2. The molecule has 1 N–H and O–H groups in total. The maximum atomic E-state index is 6.40. The fraction of sp³-hybridized carbons (Fsp3) is 0.333. The van der Waals surface area contributed by atoms with Crippen LogP contribution in [0.25, 0.3) is 0 Å². The molecule has 0 saturated heterocycles. The molecule has 0 bridgehead atoms. The summed E-state index contributed by atoms with van der Waals surface area (Å²) in [6.45, 7) is 5.17. The molecule has 0 saturated carbocycles. The number of ether oxygens (including phenoxy) is 1. The van der Waals surface area contributed by atoms with Gasteiger partial charge in [0.25, 0.3) is 0 Å². The summed E-state index contributed by atoms with van der Waals surface area (Å²) in [5.74, 6) is 0.883. The number of rotatable bonds is 6. The van der Waals surface area contributed by atoms with Crippen LogP contribution in [-0.4, -0.2) is 13.7 Å².